The van der Waals surface area contributed by atoms with Gasteiger partial charge in [-0.1, -0.05) is 6.07 Å². The van der Waals surface area contributed by atoms with Crippen molar-refractivity contribution in [2.45, 2.75) is 18.9 Å². The Balaban J connectivity index is 2.23. The first-order valence-electron chi connectivity index (χ1n) is 6.31. The van der Waals surface area contributed by atoms with Crippen LogP contribution in [0.15, 0.2) is 18.2 Å². The second-order valence-corrected chi connectivity index (χ2v) is 6.63. The number of carbonyl (C=O) groups is 1. The van der Waals surface area contributed by atoms with Crippen LogP contribution in [-0.4, -0.2) is 49.9 Å². The molecule has 0 amide bonds. The van der Waals surface area contributed by atoms with Crippen LogP contribution in [0.5, 0.6) is 0 Å². The summed E-state index contributed by atoms with van der Waals surface area (Å²) in [5, 5.41) is 8.96. The van der Waals surface area contributed by atoms with Crippen LogP contribution in [0.1, 0.15) is 23.3 Å². The zero-order valence-corrected chi connectivity index (χ0v) is 11.9. The highest BCUT2D eigenvalue weighted by Gasteiger charge is 2.29. The van der Waals surface area contributed by atoms with Crippen molar-refractivity contribution in [1.82, 2.24) is 9.71 Å². The number of aromatic nitrogens is 1. The molecule has 1 aliphatic rings. The lowest BCUT2D eigenvalue weighted by atomic mass is 10.2. The van der Waals surface area contributed by atoms with Crippen LogP contribution in [0, 0.1) is 0 Å². The largest absolute Gasteiger partial charge is 0.477 e. The number of hydrogen-bond donors (Lipinski definition) is 2. The lowest BCUT2D eigenvalue weighted by molar-refractivity contribution is 0.0690. The minimum atomic E-state index is -3.31. The fraction of sp³-hybridized carbons (Fsp3) is 0.500. The van der Waals surface area contributed by atoms with Gasteiger partial charge in [0.1, 0.15) is 5.82 Å². The van der Waals surface area contributed by atoms with E-state index in [1.165, 1.54) is 13.1 Å². The smallest absolute Gasteiger partial charge is 0.354 e. The number of carboxylic acid groups (broad SMARTS) is 1. The van der Waals surface area contributed by atoms with Crippen molar-refractivity contribution in [3.05, 3.63) is 23.9 Å². The Labute approximate surface area is 117 Å². The third-order valence-corrected chi connectivity index (χ3v) is 4.79. The standard InChI is InChI=1S/C12H17N3O4S/c1-13-20(18,19)8-9-4-3-7-15(9)11-6-2-5-10(14-11)12(16)17/h2,5-6,9,13H,3-4,7-8H2,1H3,(H,16,17). The van der Waals surface area contributed by atoms with Crippen molar-refractivity contribution < 1.29 is 18.3 Å². The molecule has 7 nitrogen and oxygen atoms in total. The van der Waals surface area contributed by atoms with Crippen molar-refractivity contribution >= 4 is 21.8 Å². The average Bonchev–Trinajstić information content (AvgIpc) is 2.86. The Morgan fingerprint density at radius 3 is 2.95 bits per heavy atom. The molecule has 1 unspecified atom stereocenters. The van der Waals surface area contributed by atoms with E-state index in [1.54, 1.807) is 12.1 Å². The minimum Gasteiger partial charge on any atom is -0.477 e. The number of hydrogen-bond acceptors (Lipinski definition) is 5. The molecule has 1 aromatic heterocycles. The highest BCUT2D eigenvalue weighted by molar-refractivity contribution is 7.89. The van der Waals surface area contributed by atoms with E-state index >= 15 is 0 Å². The summed E-state index contributed by atoms with van der Waals surface area (Å²) in [6.07, 6.45) is 1.61. The molecule has 1 atom stereocenters. The van der Waals surface area contributed by atoms with Gasteiger partial charge in [-0.15, -0.1) is 0 Å². The minimum absolute atomic E-state index is 0.0114. The number of anilines is 1. The molecule has 2 rings (SSSR count). The van der Waals surface area contributed by atoms with Gasteiger partial charge in [0.05, 0.1) is 5.75 Å². The zero-order chi connectivity index (χ0) is 14.8. The second-order valence-electron chi connectivity index (χ2n) is 4.66. The lowest BCUT2D eigenvalue weighted by Crippen LogP contribution is -2.39. The van der Waals surface area contributed by atoms with Crippen LogP contribution >= 0.6 is 0 Å². The number of sulfonamides is 1. The van der Waals surface area contributed by atoms with E-state index in [0.717, 1.165) is 12.8 Å². The Hall–Kier alpha value is -1.67. The van der Waals surface area contributed by atoms with E-state index in [2.05, 4.69) is 9.71 Å². The van der Waals surface area contributed by atoms with Gasteiger partial charge in [-0.2, -0.15) is 0 Å². The Morgan fingerprint density at radius 1 is 1.55 bits per heavy atom. The molecule has 1 saturated heterocycles. The summed E-state index contributed by atoms with van der Waals surface area (Å²) in [4.78, 5) is 16.9. The summed E-state index contributed by atoms with van der Waals surface area (Å²) in [5.41, 5.74) is -0.0374. The number of nitrogens with one attached hydrogen (secondary N) is 1. The molecular weight excluding hydrogens is 282 g/mol. The van der Waals surface area contributed by atoms with Gasteiger partial charge in [0.15, 0.2) is 5.69 Å². The molecule has 0 spiro atoms. The van der Waals surface area contributed by atoms with Gasteiger partial charge in [0, 0.05) is 12.6 Å². The van der Waals surface area contributed by atoms with Crippen molar-refractivity contribution in [3.8, 4) is 0 Å². The highest BCUT2D eigenvalue weighted by Crippen LogP contribution is 2.24. The molecule has 2 N–H and O–H groups in total. The summed E-state index contributed by atoms with van der Waals surface area (Å²) in [6, 6.07) is 4.56. The molecule has 2 heterocycles. The quantitative estimate of drug-likeness (QED) is 0.811. The van der Waals surface area contributed by atoms with Gasteiger partial charge in [-0.3, -0.25) is 0 Å². The Bertz CT molecular complexity index is 602. The molecule has 0 aliphatic carbocycles. The number of carboxylic acids is 1. The van der Waals surface area contributed by atoms with E-state index in [9.17, 15) is 13.2 Å². The monoisotopic (exact) mass is 299 g/mol. The predicted molar refractivity (Wildman–Crippen MR) is 74.4 cm³/mol. The molecule has 0 radical (unpaired) electrons. The zero-order valence-electron chi connectivity index (χ0n) is 11.1. The Morgan fingerprint density at radius 2 is 2.30 bits per heavy atom. The van der Waals surface area contributed by atoms with E-state index in [1.807, 2.05) is 4.90 Å². The van der Waals surface area contributed by atoms with Gasteiger partial charge in [-0.05, 0) is 32.0 Å². The van der Waals surface area contributed by atoms with E-state index < -0.39 is 16.0 Å². The van der Waals surface area contributed by atoms with Crippen LogP contribution < -0.4 is 9.62 Å². The predicted octanol–water partition coefficient (Wildman–Crippen LogP) is 0.298. The summed E-state index contributed by atoms with van der Waals surface area (Å²) in [7, 11) is -1.92. The van der Waals surface area contributed by atoms with Gasteiger partial charge in [0.2, 0.25) is 10.0 Å². The van der Waals surface area contributed by atoms with Crippen molar-refractivity contribution in [2.24, 2.45) is 0 Å². The molecule has 1 aromatic rings. The number of pyridine rings is 1. The maximum Gasteiger partial charge on any atom is 0.354 e. The second kappa shape index (κ2) is 5.76. The van der Waals surface area contributed by atoms with Crippen molar-refractivity contribution in [1.29, 1.82) is 0 Å². The van der Waals surface area contributed by atoms with Gasteiger partial charge in [-0.25, -0.2) is 22.9 Å². The van der Waals surface area contributed by atoms with E-state index in [4.69, 9.17) is 5.11 Å². The maximum absolute atomic E-state index is 11.7. The van der Waals surface area contributed by atoms with Crippen molar-refractivity contribution in [2.75, 3.05) is 24.2 Å². The topological polar surface area (TPSA) is 99.6 Å². The van der Waals surface area contributed by atoms with Crippen molar-refractivity contribution in [3.63, 3.8) is 0 Å². The molecule has 1 fully saturated rings. The molecule has 1 aliphatic heterocycles. The molecule has 0 aromatic carbocycles. The van der Waals surface area contributed by atoms with Crippen LogP contribution in [0.2, 0.25) is 0 Å². The average molecular weight is 299 g/mol. The normalized spacial score (nSPS) is 19.2. The summed E-state index contributed by atoms with van der Waals surface area (Å²) in [6.45, 7) is 0.681. The third-order valence-electron chi connectivity index (χ3n) is 3.35. The van der Waals surface area contributed by atoms with Gasteiger partial charge in [0.25, 0.3) is 0 Å². The first kappa shape index (κ1) is 14.7. The molecule has 0 saturated carbocycles. The molecule has 20 heavy (non-hydrogen) atoms. The first-order valence-corrected chi connectivity index (χ1v) is 7.96. The molecular formula is C12H17N3O4S. The van der Waals surface area contributed by atoms with Gasteiger partial charge >= 0.3 is 5.97 Å². The molecule has 110 valence electrons. The number of rotatable bonds is 5. The highest BCUT2D eigenvalue weighted by atomic mass is 32.2. The van der Waals surface area contributed by atoms with Crippen LogP contribution in [0.3, 0.4) is 0 Å². The number of aromatic carboxylic acids is 1. The van der Waals surface area contributed by atoms with Crippen LogP contribution in [0.25, 0.3) is 0 Å². The summed E-state index contributed by atoms with van der Waals surface area (Å²) < 4.78 is 25.6. The Kier molecular flexibility index (Phi) is 4.24. The van der Waals surface area contributed by atoms with E-state index in [-0.39, 0.29) is 17.5 Å². The SMILES string of the molecule is CNS(=O)(=O)CC1CCCN1c1cccc(C(=O)O)n1. The summed E-state index contributed by atoms with van der Waals surface area (Å²) in [5.74, 6) is -0.591. The lowest BCUT2D eigenvalue weighted by Gasteiger charge is -2.25. The summed E-state index contributed by atoms with van der Waals surface area (Å²) >= 11 is 0. The van der Waals surface area contributed by atoms with Crippen LogP contribution in [-0.2, 0) is 10.0 Å². The van der Waals surface area contributed by atoms with E-state index in [0.29, 0.717) is 12.4 Å². The number of nitrogens with zero attached hydrogens (tertiary/aromatic N) is 2. The fourth-order valence-electron chi connectivity index (χ4n) is 2.35. The first-order chi connectivity index (χ1) is 9.43. The maximum atomic E-state index is 11.7. The van der Waals surface area contributed by atoms with Gasteiger partial charge < -0.3 is 10.0 Å². The third kappa shape index (κ3) is 3.26. The fourth-order valence-corrected chi connectivity index (χ4v) is 3.37. The molecule has 0 bridgehead atoms. The molecule has 8 heteroatoms. The van der Waals surface area contributed by atoms with Crippen LogP contribution in [0.4, 0.5) is 5.82 Å².